The van der Waals surface area contributed by atoms with Gasteiger partial charge in [-0.15, -0.1) is 0 Å². The fourth-order valence-electron chi connectivity index (χ4n) is 1.99. The highest BCUT2D eigenvalue weighted by molar-refractivity contribution is 7.71. The molecule has 0 aliphatic rings. The summed E-state index contributed by atoms with van der Waals surface area (Å²) in [4.78, 5) is 26.7. The van der Waals surface area contributed by atoms with Gasteiger partial charge in [-0.3, -0.25) is 4.79 Å². The lowest BCUT2D eigenvalue weighted by Crippen LogP contribution is -2.15. The molecule has 3 N–H and O–H groups in total. The van der Waals surface area contributed by atoms with E-state index in [1.54, 1.807) is 31.2 Å². The number of carbonyl (C=O) groups excluding carboxylic acids is 2. The van der Waals surface area contributed by atoms with Crippen molar-refractivity contribution < 1.29 is 24.2 Å². The van der Waals surface area contributed by atoms with Crippen LogP contribution in [0, 0.1) is 4.64 Å². The molecule has 0 bridgehead atoms. The number of pyridine rings is 1. The summed E-state index contributed by atoms with van der Waals surface area (Å²) in [5.41, 5.74) is 0.303. The molecule has 8 heteroatoms. The average molecular weight is 348 g/mol. The number of methoxy groups -OCH3 is 1. The molecule has 126 valence electrons. The minimum absolute atomic E-state index is 0.00653. The van der Waals surface area contributed by atoms with Crippen molar-refractivity contribution in [3.05, 3.63) is 46.1 Å². The molecule has 1 aromatic heterocycles. The number of carbonyl (C=O) groups is 2. The van der Waals surface area contributed by atoms with Gasteiger partial charge in [-0.1, -0.05) is 24.4 Å². The quantitative estimate of drug-likeness (QED) is 0.567. The molecule has 1 heterocycles. The number of ether oxygens (including phenoxy) is 2. The maximum Gasteiger partial charge on any atom is 0.343 e. The van der Waals surface area contributed by atoms with E-state index in [4.69, 9.17) is 21.7 Å². The highest BCUT2D eigenvalue weighted by Gasteiger charge is 2.19. The highest BCUT2D eigenvalue weighted by Crippen LogP contribution is 2.24. The van der Waals surface area contributed by atoms with Gasteiger partial charge in [0.05, 0.1) is 25.0 Å². The number of hydrogen-bond donors (Lipinski definition) is 3. The van der Waals surface area contributed by atoms with E-state index in [0.29, 0.717) is 11.4 Å². The Balaban J connectivity index is 2.37. The van der Waals surface area contributed by atoms with Gasteiger partial charge in [0.1, 0.15) is 16.0 Å². The second kappa shape index (κ2) is 7.60. The number of aromatic amines is 1. The molecule has 0 aliphatic carbocycles. The van der Waals surface area contributed by atoms with Gasteiger partial charge >= 0.3 is 5.97 Å². The fraction of sp³-hybridized carbons (Fsp3) is 0.188. The van der Waals surface area contributed by atoms with Gasteiger partial charge in [0.25, 0.3) is 5.91 Å². The van der Waals surface area contributed by atoms with Crippen LogP contribution in [-0.4, -0.2) is 35.7 Å². The number of aromatic hydroxyl groups is 1. The second-order valence-corrected chi connectivity index (χ2v) is 5.06. The highest BCUT2D eigenvalue weighted by atomic mass is 32.1. The molecular weight excluding hydrogens is 332 g/mol. The number of nitrogens with one attached hydrogen (secondary N) is 2. The zero-order chi connectivity index (χ0) is 17.7. The van der Waals surface area contributed by atoms with Crippen LogP contribution in [-0.2, 0) is 4.74 Å². The molecule has 7 nitrogen and oxygen atoms in total. The van der Waals surface area contributed by atoms with Crippen molar-refractivity contribution in [3.63, 3.8) is 0 Å². The van der Waals surface area contributed by atoms with E-state index in [0.717, 1.165) is 0 Å². The van der Waals surface area contributed by atoms with E-state index in [9.17, 15) is 14.7 Å². The zero-order valence-corrected chi connectivity index (χ0v) is 13.9. The third-order valence-corrected chi connectivity index (χ3v) is 3.44. The monoisotopic (exact) mass is 348 g/mol. The maximum atomic E-state index is 12.5. The minimum Gasteiger partial charge on any atom is -0.495 e. The third-order valence-electron chi connectivity index (χ3n) is 3.12. The maximum absolute atomic E-state index is 12.5. The van der Waals surface area contributed by atoms with E-state index in [1.165, 1.54) is 13.2 Å². The van der Waals surface area contributed by atoms with E-state index in [1.807, 2.05) is 0 Å². The van der Waals surface area contributed by atoms with Crippen LogP contribution in [0.15, 0.2) is 30.3 Å². The Bertz CT molecular complexity index is 831. The van der Waals surface area contributed by atoms with Crippen LogP contribution in [0.1, 0.15) is 27.6 Å². The Labute approximate surface area is 143 Å². The summed E-state index contributed by atoms with van der Waals surface area (Å²) in [6.07, 6.45) is 0. The van der Waals surface area contributed by atoms with Crippen molar-refractivity contribution in [3.8, 4) is 11.6 Å². The van der Waals surface area contributed by atoms with Crippen LogP contribution < -0.4 is 10.1 Å². The van der Waals surface area contributed by atoms with E-state index in [2.05, 4.69) is 10.3 Å². The number of para-hydroxylation sites is 2. The predicted octanol–water partition coefficient (Wildman–Crippen LogP) is 2.89. The number of H-pyrrole nitrogens is 1. The lowest BCUT2D eigenvalue weighted by molar-refractivity contribution is 0.0522. The van der Waals surface area contributed by atoms with Gasteiger partial charge in [-0.2, -0.15) is 0 Å². The van der Waals surface area contributed by atoms with Gasteiger partial charge in [0.15, 0.2) is 0 Å². The van der Waals surface area contributed by atoms with Crippen LogP contribution in [0.3, 0.4) is 0 Å². The van der Waals surface area contributed by atoms with Crippen LogP contribution in [0.25, 0.3) is 0 Å². The summed E-state index contributed by atoms with van der Waals surface area (Å²) >= 11 is 5.04. The molecule has 1 amide bonds. The molecule has 0 aliphatic heterocycles. The van der Waals surface area contributed by atoms with Crippen molar-refractivity contribution in [2.45, 2.75) is 6.92 Å². The molecule has 2 rings (SSSR count). The summed E-state index contributed by atoms with van der Waals surface area (Å²) in [6.45, 7) is 1.77. The number of amides is 1. The summed E-state index contributed by atoms with van der Waals surface area (Å²) in [5, 5.41) is 12.4. The summed E-state index contributed by atoms with van der Waals surface area (Å²) in [6, 6.07) is 8.05. The van der Waals surface area contributed by atoms with Gasteiger partial charge in [-0.05, 0) is 25.1 Å². The molecule has 24 heavy (non-hydrogen) atoms. The number of anilines is 1. The molecule has 1 aromatic carbocycles. The Kier molecular flexibility index (Phi) is 5.54. The number of aromatic nitrogens is 1. The van der Waals surface area contributed by atoms with Gasteiger partial charge < -0.3 is 24.9 Å². The Morgan fingerprint density at radius 1 is 1.29 bits per heavy atom. The first-order valence-corrected chi connectivity index (χ1v) is 7.46. The molecule has 2 aromatic rings. The van der Waals surface area contributed by atoms with Crippen LogP contribution >= 0.6 is 12.2 Å². The average Bonchev–Trinajstić information content (AvgIpc) is 2.55. The normalized spacial score (nSPS) is 10.1. The number of esters is 1. The number of hydrogen-bond acceptors (Lipinski definition) is 6. The first-order valence-electron chi connectivity index (χ1n) is 7.05. The van der Waals surface area contributed by atoms with E-state index in [-0.39, 0.29) is 22.4 Å². The van der Waals surface area contributed by atoms with Crippen LogP contribution in [0.2, 0.25) is 0 Å². The van der Waals surface area contributed by atoms with Crippen molar-refractivity contribution in [1.29, 1.82) is 0 Å². The predicted molar refractivity (Wildman–Crippen MR) is 90.2 cm³/mol. The fourth-order valence-corrected chi connectivity index (χ4v) is 2.24. The largest absolute Gasteiger partial charge is 0.495 e. The second-order valence-electron chi connectivity index (χ2n) is 4.65. The molecule has 0 unspecified atom stereocenters. The third kappa shape index (κ3) is 3.72. The summed E-state index contributed by atoms with van der Waals surface area (Å²) < 4.78 is 9.99. The van der Waals surface area contributed by atoms with Crippen LogP contribution in [0.5, 0.6) is 11.6 Å². The molecule has 0 saturated heterocycles. The first-order chi connectivity index (χ1) is 11.5. The van der Waals surface area contributed by atoms with E-state index >= 15 is 0 Å². The number of benzene rings is 1. The molecule has 0 saturated carbocycles. The molecule has 0 radical (unpaired) electrons. The Morgan fingerprint density at radius 3 is 2.67 bits per heavy atom. The summed E-state index contributed by atoms with van der Waals surface area (Å²) in [7, 11) is 1.48. The molecule has 0 atom stereocenters. The van der Waals surface area contributed by atoms with Crippen LogP contribution in [0.4, 0.5) is 5.69 Å². The van der Waals surface area contributed by atoms with Crippen molar-refractivity contribution in [2.24, 2.45) is 0 Å². The standard InChI is InChI=1S/C16H16N2O5S/c1-3-23-16(21)10-8-9(15(24)18-14(10)20)13(19)17-11-6-4-5-7-12(11)22-2/h4-8H,3H2,1-2H3,(H,17,19)(H2,18,20,24). The van der Waals surface area contributed by atoms with Crippen molar-refractivity contribution in [1.82, 2.24) is 4.98 Å². The lowest BCUT2D eigenvalue weighted by Gasteiger charge is -2.11. The SMILES string of the molecule is CCOC(=O)c1cc(C(=O)Nc2ccccc2OC)c(=S)[nH]c1O. The van der Waals surface area contributed by atoms with Crippen molar-refractivity contribution >= 4 is 29.8 Å². The molecule has 0 fully saturated rings. The van der Waals surface area contributed by atoms with Crippen molar-refractivity contribution in [2.75, 3.05) is 19.0 Å². The van der Waals surface area contributed by atoms with E-state index < -0.39 is 17.8 Å². The smallest absolute Gasteiger partial charge is 0.343 e. The lowest BCUT2D eigenvalue weighted by atomic mass is 10.1. The zero-order valence-electron chi connectivity index (χ0n) is 13.1. The molecular formula is C16H16N2O5S. The molecule has 0 spiro atoms. The Morgan fingerprint density at radius 2 is 2.00 bits per heavy atom. The van der Waals surface area contributed by atoms with Gasteiger partial charge in [0, 0.05) is 0 Å². The van der Waals surface area contributed by atoms with Gasteiger partial charge in [-0.25, -0.2) is 4.79 Å². The summed E-state index contributed by atoms with van der Waals surface area (Å²) in [5.74, 6) is -1.28. The minimum atomic E-state index is -0.757. The Hall–Kier alpha value is -2.87. The topological polar surface area (TPSA) is 101 Å². The first kappa shape index (κ1) is 17.5. The number of rotatable bonds is 5. The van der Waals surface area contributed by atoms with Gasteiger partial charge in [0.2, 0.25) is 5.88 Å².